The molecule has 0 atom stereocenters. The molecule has 0 fully saturated rings. The van der Waals surface area contributed by atoms with E-state index in [4.69, 9.17) is 15.4 Å². The van der Waals surface area contributed by atoms with E-state index < -0.39 is 11.8 Å². The molecule has 3 N–H and O–H groups in total. The third-order valence-corrected chi connectivity index (χ3v) is 1.62. The fraction of sp³-hybridized carbons (Fsp3) is 0. The standard InChI is InChI=1S/C8H6N4O3/c9-5-1-4(2-10-3-5)7-11-6(8(13)14)12-15-7/h1-3H,9H2,(H,13,14). The van der Waals surface area contributed by atoms with Gasteiger partial charge in [-0.15, -0.1) is 0 Å². The number of aromatic nitrogens is 3. The Bertz CT molecular complexity index is 508. The van der Waals surface area contributed by atoms with E-state index in [9.17, 15) is 4.79 Å². The van der Waals surface area contributed by atoms with Gasteiger partial charge in [-0.25, -0.2) is 4.79 Å². The van der Waals surface area contributed by atoms with Gasteiger partial charge in [0.25, 0.3) is 11.7 Å². The van der Waals surface area contributed by atoms with Crippen molar-refractivity contribution in [2.75, 3.05) is 5.73 Å². The topological polar surface area (TPSA) is 115 Å². The second-order valence-electron chi connectivity index (χ2n) is 2.74. The monoisotopic (exact) mass is 206 g/mol. The van der Waals surface area contributed by atoms with E-state index in [1.807, 2.05) is 0 Å². The van der Waals surface area contributed by atoms with Gasteiger partial charge in [0, 0.05) is 12.4 Å². The third kappa shape index (κ3) is 1.75. The molecule has 0 bridgehead atoms. The zero-order valence-corrected chi connectivity index (χ0v) is 7.41. The highest BCUT2D eigenvalue weighted by Crippen LogP contribution is 2.17. The van der Waals surface area contributed by atoms with E-state index in [1.54, 1.807) is 6.07 Å². The van der Waals surface area contributed by atoms with Crippen LogP contribution in [0.25, 0.3) is 11.5 Å². The van der Waals surface area contributed by atoms with Gasteiger partial charge in [-0.05, 0) is 11.2 Å². The first kappa shape index (κ1) is 9.13. The summed E-state index contributed by atoms with van der Waals surface area (Å²) in [7, 11) is 0. The number of rotatable bonds is 2. The zero-order chi connectivity index (χ0) is 10.8. The maximum Gasteiger partial charge on any atom is 0.377 e. The lowest BCUT2D eigenvalue weighted by Gasteiger charge is -1.93. The number of carbonyl (C=O) groups is 1. The molecule has 0 aliphatic carbocycles. The number of aromatic carboxylic acids is 1. The van der Waals surface area contributed by atoms with Gasteiger partial charge in [-0.2, -0.15) is 4.98 Å². The first-order valence-electron chi connectivity index (χ1n) is 3.95. The van der Waals surface area contributed by atoms with Gasteiger partial charge in [-0.1, -0.05) is 0 Å². The maximum atomic E-state index is 10.5. The molecule has 0 aliphatic rings. The highest BCUT2D eigenvalue weighted by Gasteiger charge is 2.14. The number of nitrogens with two attached hydrogens (primary N) is 1. The van der Waals surface area contributed by atoms with Crippen LogP contribution in [0.3, 0.4) is 0 Å². The van der Waals surface area contributed by atoms with Crippen molar-refractivity contribution in [1.29, 1.82) is 0 Å². The second-order valence-corrected chi connectivity index (χ2v) is 2.74. The van der Waals surface area contributed by atoms with Crippen molar-refractivity contribution in [3.8, 4) is 11.5 Å². The normalized spacial score (nSPS) is 10.1. The van der Waals surface area contributed by atoms with Crippen molar-refractivity contribution in [3.63, 3.8) is 0 Å². The lowest BCUT2D eigenvalue weighted by Crippen LogP contribution is -1.98. The smallest absolute Gasteiger partial charge is 0.377 e. The number of nitrogens with zero attached hydrogens (tertiary/aromatic N) is 3. The molecule has 0 spiro atoms. The maximum absolute atomic E-state index is 10.5. The molecule has 2 aromatic heterocycles. The predicted molar refractivity (Wildman–Crippen MR) is 48.9 cm³/mol. The minimum absolute atomic E-state index is 0.0761. The minimum atomic E-state index is -1.25. The highest BCUT2D eigenvalue weighted by molar-refractivity contribution is 5.83. The average Bonchev–Trinajstić information content (AvgIpc) is 2.66. The summed E-state index contributed by atoms with van der Waals surface area (Å²) in [5.74, 6) is -1.57. The Kier molecular flexibility index (Phi) is 2.05. The van der Waals surface area contributed by atoms with Crippen LogP contribution in [-0.2, 0) is 0 Å². The summed E-state index contributed by atoms with van der Waals surface area (Å²) >= 11 is 0. The van der Waals surface area contributed by atoms with E-state index in [2.05, 4.69) is 15.1 Å². The van der Waals surface area contributed by atoms with Gasteiger partial charge in [0.15, 0.2) is 0 Å². The van der Waals surface area contributed by atoms with Gasteiger partial charge < -0.3 is 15.4 Å². The number of hydrogen-bond donors (Lipinski definition) is 2. The molecule has 0 saturated heterocycles. The van der Waals surface area contributed by atoms with Gasteiger partial charge in [0.2, 0.25) is 0 Å². The first-order valence-corrected chi connectivity index (χ1v) is 3.95. The predicted octanol–water partition coefficient (Wildman–Crippen LogP) is 0.412. The van der Waals surface area contributed by atoms with Gasteiger partial charge >= 0.3 is 5.97 Å². The molecule has 0 unspecified atom stereocenters. The molecule has 15 heavy (non-hydrogen) atoms. The van der Waals surface area contributed by atoms with Gasteiger partial charge in [-0.3, -0.25) is 4.98 Å². The summed E-state index contributed by atoms with van der Waals surface area (Å²) in [6.45, 7) is 0. The number of hydrogen-bond acceptors (Lipinski definition) is 6. The molecule has 7 heteroatoms. The van der Waals surface area contributed by atoms with Crippen molar-refractivity contribution in [1.82, 2.24) is 15.1 Å². The lowest BCUT2D eigenvalue weighted by molar-refractivity contribution is 0.0680. The summed E-state index contributed by atoms with van der Waals surface area (Å²) in [4.78, 5) is 17.9. The largest absolute Gasteiger partial charge is 0.475 e. The number of carboxylic acids is 1. The van der Waals surface area contributed by atoms with Gasteiger partial charge in [0.05, 0.1) is 11.3 Å². The Morgan fingerprint density at radius 1 is 1.47 bits per heavy atom. The highest BCUT2D eigenvalue weighted by atomic mass is 16.5. The van der Waals surface area contributed by atoms with Crippen LogP contribution in [0.1, 0.15) is 10.6 Å². The Balaban J connectivity index is 2.41. The van der Waals surface area contributed by atoms with Crippen LogP contribution < -0.4 is 5.73 Å². The first-order chi connectivity index (χ1) is 7.16. The summed E-state index contributed by atoms with van der Waals surface area (Å²) in [6.07, 6.45) is 2.91. The molecule has 76 valence electrons. The van der Waals surface area contributed by atoms with Crippen LogP contribution >= 0.6 is 0 Å². The van der Waals surface area contributed by atoms with Crippen LogP contribution in [0, 0.1) is 0 Å². The molecular weight excluding hydrogens is 200 g/mol. The van der Waals surface area contributed by atoms with E-state index in [0.29, 0.717) is 11.3 Å². The summed E-state index contributed by atoms with van der Waals surface area (Å²) in [5, 5.41) is 11.8. The minimum Gasteiger partial charge on any atom is -0.475 e. The molecular formula is C8H6N4O3. The summed E-state index contributed by atoms with van der Waals surface area (Å²) in [6, 6.07) is 1.56. The second kappa shape index (κ2) is 3.37. The Labute approximate surface area is 83.6 Å². The lowest BCUT2D eigenvalue weighted by atomic mass is 10.2. The molecule has 0 aliphatic heterocycles. The van der Waals surface area contributed by atoms with Crippen molar-refractivity contribution in [2.24, 2.45) is 0 Å². The third-order valence-electron chi connectivity index (χ3n) is 1.62. The van der Waals surface area contributed by atoms with E-state index in [0.717, 1.165) is 0 Å². The van der Waals surface area contributed by atoms with E-state index >= 15 is 0 Å². The van der Waals surface area contributed by atoms with Crippen LogP contribution in [-0.4, -0.2) is 26.2 Å². The van der Waals surface area contributed by atoms with E-state index in [-0.39, 0.29) is 5.89 Å². The van der Waals surface area contributed by atoms with Crippen LogP contribution in [0.2, 0.25) is 0 Å². The molecule has 0 aromatic carbocycles. The Morgan fingerprint density at radius 3 is 2.87 bits per heavy atom. The van der Waals surface area contributed by atoms with Crippen LogP contribution in [0.15, 0.2) is 23.0 Å². The molecule has 0 radical (unpaired) electrons. The Hall–Kier alpha value is -2.44. The number of pyridine rings is 1. The fourth-order valence-corrected chi connectivity index (χ4v) is 1.00. The molecule has 0 saturated carbocycles. The Morgan fingerprint density at radius 2 is 2.27 bits per heavy atom. The molecule has 2 heterocycles. The number of nitrogen functional groups attached to an aromatic ring is 1. The van der Waals surface area contributed by atoms with Crippen molar-refractivity contribution in [3.05, 3.63) is 24.3 Å². The quantitative estimate of drug-likeness (QED) is 0.730. The summed E-state index contributed by atoms with van der Waals surface area (Å²) in [5.41, 5.74) is 6.41. The number of carboxylic acid groups (broad SMARTS) is 1. The average molecular weight is 206 g/mol. The number of anilines is 1. The van der Waals surface area contributed by atoms with Crippen molar-refractivity contribution < 1.29 is 14.4 Å². The molecule has 2 rings (SSSR count). The fourth-order valence-electron chi connectivity index (χ4n) is 1.00. The zero-order valence-electron chi connectivity index (χ0n) is 7.41. The van der Waals surface area contributed by atoms with Crippen molar-refractivity contribution >= 4 is 11.7 Å². The summed E-state index contributed by atoms with van der Waals surface area (Å²) < 4.78 is 4.73. The molecule has 0 amide bonds. The van der Waals surface area contributed by atoms with Crippen LogP contribution in [0.4, 0.5) is 5.69 Å². The van der Waals surface area contributed by atoms with Crippen molar-refractivity contribution in [2.45, 2.75) is 0 Å². The van der Waals surface area contributed by atoms with Crippen LogP contribution in [0.5, 0.6) is 0 Å². The molecule has 7 nitrogen and oxygen atoms in total. The SMILES string of the molecule is Nc1cncc(-c2nc(C(=O)O)no2)c1. The molecule has 2 aromatic rings. The van der Waals surface area contributed by atoms with Gasteiger partial charge in [0.1, 0.15) is 0 Å². The van der Waals surface area contributed by atoms with E-state index in [1.165, 1.54) is 12.4 Å².